The van der Waals surface area contributed by atoms with Gasteiger partial charge in [0.25, 0.3) is 0 Å². The molecular formula is C31H41ClN2O5S. The largest absolute Gasteiger partial charge is 0.487 e. The number of carbonyl (C=O) groups is 1. The number of benzene rings is 2. The zero-order valence-corrected chi connectivity index (χ0v) is 25.0. The molecule has 0 aromatic heterocycles. The summed E-state index contributed by atoms with van der Waals surface area (Å²) in [5.41, 5.74) is 3.85. The third-order valence-electron chi connectivity index (χ3n) is 8.39. The van der Waals surface area contributed by atoms with Crippen molar-refractivity contribution in [3.05, 3.63) is 70.3 Å². The summed E-state index contributed by atoms with van der Waals surface area (Å²) in [5, 5.41) is 11.2. The minimum absolute atomic E-state index is 0.137. The van der Waals surface area contributed by atoms with E-state index < -0.39 is 21.4 Å². The molecule has 7 nitrogen and oxygen atoms in total. The molecule has 2 aromatic carbocycles. The second-order valence-electron chi connectivity index (χ2n) is 11.0. The average Bonchev–Trinajstić information content (AvgIpc) is 2.96. The van der Waals surface area contributed by atoms with Crippen molar-refractivity contribution in [1.82, 2.24) is 4.72 Å². The molecule has 2 aliphatic rings. The number of nitrogens with one attached hydrogen (secondary N) is 1. The molecule has 4 rings (SSSR count). The van der Waals surface area contributed by atoms with Gasteiger partial charge in [-0.25, -0.2) is 13.1 Å². The number of anilines is 1. The van der Waals surface area contributed by atoms with Crippen molar-refractivity contribution in [3.8, 4) is 5.75 Å². The lowest BCUT2D eigenvalue weighted by molar-refractivity contribution is 0.0461. The highest BCUT2D eigenvalue weighted by Crippen LogP contribution is 2.40. The topological polar surface area (TPSA) is 95.9 Å². The second kappa shape index (κ2) is 14.0. The van der Waals surface area contributed by atoms with Crippen LogP contribution < -0.4 is 14.4 Å². The van der Waals surface area contributed by atoms with Crippen LogP contribution in [-0.4, -0.2) is 51.3 Å². The van der Waals surface area contributed by atoms with Gasteiger partial charge in [0.1, 0.15) is 18.6 Å². The van der Waals surface area contributed by atoms with Crippen LogP contribution in [0.3, 0.4) is 0 Å². The Morgan fingerprint density at radius 3 is 2.73 bits per heavy atom. The highest BCUT2D eigenvalue weighted by molar-refractivity contribution is 7.90. The maximum Gasteiger partial charge on any atom is 0.213 e. The molecule has 2 aromatic rings. The molecule has 0 bridgehead atoms. The number of carbonyl (C=O) groups excluding carboxylic acids is 1. The summed E-state index contributed by atoms with van der Waals surface area (Å²) < 4.78 is 32.5. The number of ether oxygens (including phenoxy) is 1. The lowest BCUT2D eigenvalue weighted by Gasteiger charge is -2.42. The molecule has 40 heavy (non-hydrogen) atoms. The smallest absolute Gasteiger partial charge is 0.213 e. The van der Waals surface area contributed by atoms with Crippen molar-refractivity contribution in [2.45, 2.75) is 69.8 Å². The number of aldehydes is 1. The van der Waals surface area contributed by atoms with E-state index in [1.54, 1.807) is 13.0 Å². The van der Waals surface area contributed by atoms with Crippen LogP contribution >= 0.6 is 11.6 Å². The molecule has 9 heteroatoms. The van der Waals surface area contributed by atoms with E-state index in [9.17, 15) is 18.3 Å². The van der Waals surface area contributed by atoms with Gasteiger partial charge in [0.2, 0.25) is 10.0 Å². The molecule has 0 radical (unpaired) electrons. The molecule has 1 fully saturated rings. The number of aryl methyl sites for hydroxylation is 1. The van der Waals surface area contributed by atoms with Crippen molar-refractivity contribution in [2.24, 2.45) is 11.8 Å². The summed E-state index contributed by atoms with van der Waals surface area (Å²) in [5.74, 6) is 1.19. The summed E-state index contributed by atoms with van der Waals surface area (Å²) in [4.78, 5) is 14.0. The van der Waals surface area contributed by atoms with Crippen LogP contribution in [0.5, 0.6) is 5.75 Å². The van der Waals surface area contributed by atoms with Crippen molar-refractivity contribution in [1.29, 1.82) is 0 Å². The molecule has 0 unspecified atom stereocenters. The third kappa shape index (κ3) is 7.66. The van der Waals surface area contributed by atoms with Gasteiger partial charge in [0.05, 0.1) is 17.0 Å². The minimum atomic E-state index is -3.28. The Morgan fingerprint density at radius 2 is 2.00 bits per heavy atom. The number of fused-ring (bicyclic) bond motifs is 2. The molecule has 2 N–H and O–H groups in total. The fraction of sp³-hybridized carbons (Fsp3) is 0.516. The SMILES string of the molecule is CNS(=O)(=O)[C@@H](C)CC/C=C/[C@H](O)[C@@H]1CC[C@H]1CN1CCCCc2cc(Cl)ccc2COc2ccc(C=O)cc21. The van der Waals surface area contributed by atoms with Crippen LogP contribution in [0.1, 0.15) is 66.9 Å². The van der Waals surface area contributed by atoms with Crippen LogP contribution in [0.4, 0.5) is 5.69 Å². The van der Waals surface area contributed by atoms with Crippen molar-refractivity contribution < 1.29 is 23.1 Å². The average molecular weight is 589 g/mol. The summed E-state index contributed by atoms with van der Waals surface area (Å²) in [6, 6.07) is 11.5. The monoisotopic (exact) mass is 588 g/mol. The standard InChI is InChI=1S/C31H41ClN2O5S/c1-22(40(37,38)33-2)7-3-4-9-30(36)28-14-12-25(28)19-34-16-6-5-8-24-18-27(32)13-11-26(24)21-39-31-15-10-23(20-35)17-29(31)34/h4,9-11,13,15,17-18,20,22,25,28,30,33,36H,3,5-8,12,14,16,19,21H2,1-2H3/b9-4+/t22-,25-,28+,30-/m0/s1. The lowest BCUT2D eigenvalue weighted by atomic mass is 9.70. The number of halogens is 1. The van der Waals surface area contributed by atoms with Gasteiger partial charge in [-0.2, -0.15) is 0 Å². The van der Waals surface area contributed by atoms with Crippen molar-refractivity contribution >= 4 is 33.6 Å². The Labute approximate surface area is 243 Å². The molecule has 0 saturated heterocycles. The Balaban J connectivity index is 1.45. The van der Waals surface area contributed by atoms with Crippen molar-refractivity contribution in [3.63, 3.8) is 0 Å². The highest BCUT2D eigenvalue weighted by atomic mass is 35.5. The zero-order chi connectivity index (χ0) is 28.7. The third-order valence-corrected chi connectivity index (χ3v) is 10.5. The van der Waals surface area contributed by atoms with Gasteiger partial charge < -0.3 is 14.7 Å². The maximum absolute atomic E-state index is 11.9. The van der Waals surface area contributed by atoms with E-state index in [4.69, 9.17) is 16.3 Å². The van der Waals surface area contributed by atoms with Gasteiger partial charge in [0.15, 0.2) is 0 Å². The van der Waals surface area contributed by atoms with Gasteiger partial charge in [-0.3, -0.25) is 4.79 Å². The first-order valence-electron chi connectivity index (χ1n) is 14.2. The number of rotatable bonds is 10. The fourth-order valence-electron chi connectivity index (χ4n) is 5.65. The second-order valence-corrected chi connectivity index (χ2v) is 13.7. The van der Waals surface area contributed by atoms with E-state index in [-0.39, 0.29) is 5.92 Å². The minimum Gasteiger partial charge on any atom is -0.487 e. The Kier molecular flexibility index (Phi) is 10.7. The van der Waals surface area contributed by atoms with E-state index >= 15 is 0 Å². The maximum atomic E-state index is 11.9. The summed E-state index contributed by atoms with van der Waals surface area (Å²) in [6.45, 7) is 3.71. The number of aliphatic hydroxyl groups is 1. The molecule has 4 atom stereocenters. The van der Waals surface area contributed by atoms with Gasteiger partial charge >= 0.3 is 0 Å². The predicted octanol–water partition coefficient (Wildman–Crippen LogP) is 5.54. The van der Waals surface area contributed by atoms with Crippen LogP contribution in [0, 0.1) is 11.8 Å². The Morgan fingerprint density at radius 1 is 1.18 bits per heavy atom. The molecule has 1 heterocycles. The van der Waals surface area contributed by atoms with E-state index in [1.165, 1.54) is 12.6 Å². The summed E-state index contributed by atoms with van der Waals surface area (Å²) in [6.07, 6.45) is 9.99. The molecule has 0 amide bonds. The van der Waals surface area contributed by atoms with E-state index in [1.807, 2.05) is 42.5 Å². The molecular weight excluding hydrogens is 548 g/mol. The Bertz CT molecular complexity index is 1300. The van der Waals surface area contributed by atoms with E-state index in [0.717, 1.165) is 73.5 Å². The first kappa shape index (κ1) is 30.6. The lowest BCUT2D eigenvalue weighted by Crippen LogP contribution is -2.43. The number of hydrogen-bond acceptors (Lipinski definition) is 6. The molecule has 0 spiro atoms. The van der Waals surface area contributed by atoms with Gasteiger partial charge in [-0.05, 0) is 112 Å². The number of sulfonamides is 1. The molecule has 218 valence electrons. The summed E-state index contributed by atoms with van der Waals surface area (Å²) >= 11 is 6.28. The number of aliphatic hydroxyl groups excluding tert-OH is 1. The number of nitrogens with zero attached hydrogens (tertiary/aromatic N) is 1. The van der Waals surface area contributed by atoms with Gasteiger partial charge in [-0.1, -0.05) is 29.8 Å². The van der Waals surface area contributed by atoms with E-state index in [0.29, 0.717) is 30.9 Å². The Hall–Kier alpha value is -2.39. The molecule has 1 aliphatic carbocycles. The van der Waals surface area contributed by atoms with Crippen LogP contribution in [0.2, 0.25) is 5.02 Å². The van der Waals surface area contributed by atoms with Gasteiger partial charge in [-0.15, -0.1) is 0 Å². The van der Waals surface area contributed by atoms with E-state index in [2.05, 4.69) is 9.62 Å². The first-order valence-corrected chi connectivity index (χ1v) is 16.2. The number of allylic oxidation sites excluding steroid dienone is 1. The van der Waals surface area contributed by atoms with Crippen LogP contribution in [0.15, 0.2) is 48.6 Å². The zero-order valence-electron chi connectivity index (χ0n) is 23.4. The summed E-state index contributed by atoms with van der Waals surface area (Å²) in [7, 11) is -1.85. The van der Waals surface area contributed by atoms with Crippen LogP contribution in [-0.2, 0) is 23.1 Å². The predicted molar refractivity (Wildman–Crippen MR) is 161 cm³/mol. The molecule has 1 saturated carbocycles. The van der Waals surface area contributed by atoms with Crippen LogP contribution in [0.25, 0.3) is 0 Å². The van der Waals surface area contributed by atoms with Gasteiger partial charge in [0, 0.05) is 23.7 Å². The fourth-order valence-corrected chi connectivity index (χ4v) is 6.69. The quantitative estimate of drug-likeness (QED) is 0.280. The molecule has 1 aliphatic heterocycles. The highest BCUT2D eigenvalue weighted by Gasteiger charge is 2.36. The first-order chi connectivity index (χ1) is 19.2. The normalized spacial score (nSPS) is 21.4. The van der Waals surface area contributed by atoms with Crippen molar-refractivity contribution in [2.75, 3.05) is 25.0 Å². The number of hydrogen-bond donors (Lipinski definition) is 2.